The lowest BCUT2D eigenvalue weighted by molar-refractivity contribution is 0.120. The van der Waals surface area contributed by atoms with Crippen LogP contribution in [0.5, 0.6) is 0 Å². The molecule has 6 rings (SSSR count). The van der Waals surface area contributed by atoms with Crippen LogP contribution in [0, 0.1) is 12.8 Å². The van der Waals surface area contributed by atoms with E-state index in [0.717, 1.165) is 42.4 Å². The van der Waals surface area contributed by atoms with Gasteiger partial charge in [0.25, 0.3) is 0 Å². The summed E-state index contributed by atoms with van der Waals surface area (Å²) in [6.07, 6.45) is 4.45. The van der Waals surface area contributed by atoms with Gasteiger partial charge in [0.05, 0.1) is 29.6 Å². The van der Waals surface area contributed by atoms with E-state index >= 15 is 0 Å². The van der Waals surface area contributed by atoms with Gasteiger partial charge in [-0.15, -0.1) is 0 Å². The maximum atomic E-state index is 4.79. The van der Waals surface area contributed by atoms with Crippen molar-refractivity contribution in [3.8, 4) is 0 Å². The van der Waals surface area contributed by atoms with Gasteiger partial charge >= 0.3 is 0 Å². The molecule has 0 spiro atoms. The standard InChI is InChI=1S/C20H26N6/c1-14-19(22-13-21-14)11-25-8-15-6-7-16(10-25)26(9-15)12-20-23-17-4-2-3-5-18(17)24-20/h2-5,13,15-16H,6-12H2,1H3,(H,21,22)(H,23,24)/t15-,16+/m1/s1. The molecule has 2 aromatic heterocycles. The Morgan fingerprint density at radius 3 is 2.88 bits per heavy atom. The zero-order valence-corrected chi connectivity index (χ0v) is 15.3. The summed E-state index contributed by atoms with van der Waals surface area (Å²) in [6.45, 7) is 7.48. The topological polar surface area (TPSA) is 63.8 Å². The molecule has 3 saturated heterocycles. The van der Waals surface area contributed by atoms with E-state index in [0.29, 0.717) is 6.04 Å². The van der Waals surface area contributed by atoms with Crippen LogP contribution in [-0.4, -0.2) is 55.4 Å². The summed E-state index contributed by atoms with van der Waals surface area (Å²) in [7, 11) is 0. The van der Waals surface area contributed by atoms with Gasteiger partial charge < -0.3 is 9.97 Å². The summed E-state index contributed by atoms with van der Waals surface area (Å²) in [6, 6.07) is 8.91. The molecule has 1 aromatic carbocycles. The van der Waals surface area contributed by atoms with Crippen LogP contribution in [-0.2, 0) is 13.1 Å². The van der Waals surface area contributed by atoms with Gasteiger partial charge in [0.1, 0.15) is 5.82 Å². The highest BCUT2D eigenvalue weighted by Crippen LogP contribution is 2.30. The number of para-hydroxylation sites is 2. The van der Waals surface area contributed by atoms with Crippen molar-refractivity contribution in [1.82, 2.24) is 29.7 Å². The fraction of sp³-hybridized carbons (Fsp3) is 0.500. The lowest BCUT2D eigenvalue weighted by Gasteiger charge is -2.35. The molecule has 26 heavy (non-hydrogen) atoms. The number of H-pyrrole nitrogens is 2. The number of aromatic nitrogens is 4. The summed E-state index contributed by atoms with van der Waals surface area (Å²) in [5.74, 6) is 1.84. The van der Waals surface area contributed by atoms with Crippen molar-refractivity contribution in [2.24, 2.45) is 5.92 Å². The number of hydrogen-bond donors (Lipinski definition) is 2. The first-order valence-corrected chi connectivity index (χ1v) is 9.63. The first-order valence-electron chi connectivity index (χ1n) is 9.63. The van der Waals surface area contributed by atoms with Crippen LogP contribution >= 0.6 is 0 Å². The van der Waals surface area contributed by atoms with Crippen molar-refractivity contribution in [2.75, 3.05) is 19.6 Å². The van der Waals surface area contributed by atoms with Crippen molar-refractivity contribution < 1.29 is 0 Å². The largest absolute Gasteiger partial charge is 0.348 e. The summed E-state index contributed by atoms with van der Waals surface area (Å²) in [5, 5.41) is 0. The van der Waals surface area contributed by atoms with Crippen molar-refractivity contribution >= 4 is 11.0 Å². The third-order valence-corrected chi connectivity index (χ3v) is 6.00. The molecule has 136 valence electrons. The molecule has 2 N–H and O–H groups in total. The van der Waals surface area contributed by atoms with Gasteiger partial charge in [-0.05, 0) is 37.8 Å². The van der Waals surface area contributed by atoms with E-state index in [1.165, 1.54) is 37.3 Å². The van der Waals surface area contributed by atoms with Gasteiger partial charge in [0.15, 0.2) is 0 Å². The number of rotatable bonds is 4. The van der Waals surface area contributed by atoms with Gasteiger partial charge in [0.2, 0.25) is 0 Å². The first-order chi connectivity index (χ1) is 12.7. The average molecular weight is 350 g/mol. The van der Waals surface area contributed by atoms with Crippen LogP contribution in [0.4, 0.5) is 0 Å². The molecular weight excluding hydrogens is 324 g/mol. The second-order valence-corrected chi connectivity index (χ2v) is 7.90. The summed E-state index contributed by atoms with van der Waals surface area (Å²) in [4.78, 5) is 21.2. The Morgan fingerprint density at radius 2 is 2.04 bits per heavy atom. The van der Waals surface area contributed by atoms with Crippen LogP contribution < -0.4 is 0 Å². The van der Waals surface area contributed by atoms with Gasteiger partial charge in [-0.1, -0.05) is 12.1 Å². The number of fused-ring (bicyclic) bond motifs is 5. The second-order valence-electron chi connectivity index (χ2n) is 7.90. The Balaban J connectivity index is 1.31. The third kappa shape index (κ3) is 3.04. The quantitative estimate of drug-likeness (QED) is 0.759. The Kier molecular flexibility index (Phi) is 4.02. The number of piperidine rings is 1. The Morgan fingerprint density at radius 1 is 1.12 bits per heavy atom. The van der Waals surface area contributed by atoms with Crippen LogP contribution in [0.25, 0.3) is 11.0 Å². The van der Waals surface area contributed by atoms with E-state index < -0.39 is 0 Å². The molecule has 6 nitrogen and oxygen atoms in total. The zero-order chi connectivity index (χ0) is 17.5. The van der Waals surface area contributed by atoms with E-state index in [-0.39, 0.29) is 0 Å². The van der Waals surface area contributed by atoms with E-state index in [2.05, 4.69) is 55.9 Å². The number of benzene rings is 1. The molecule has 0 radical (unpaired) electrons. The Hall–Kier alpha value is -2.18. The summed E-state index contributed by atoms with van der Waals surface area (Å²) >= 11 is 0. The smallest absolute Gasteiger partial charge is 0.121 e. The van der Waals surface area contributed by atoms with Crippen molar-refractivity contribution in [3.63, 3.8) is 0 Å². The van der Waals surface area contributed by atoms with Crippen molar-refractivity contribution in [3.05, 3.63) is 47.8 Å². The molecule has 3 aliphatic rings. The molecule has 6 heteroatoms. The molecule has 3 aromatic rings. The fourth-order valence-electron chi connectivity index (χ4n) is 4.63. The minimum absolute atomic E-state index is 0.612. The van der Waals surface area contributed by atoms with Gasteiger partial charge in [0, 0.05) is 37.9 Å². The van der Waals surface area contributed by atoms with Crippen LogP contribution in [0.3, 0.4) is 0 Å². The summed E-state index contributed by atoms with van der Waals surface area (Å²) in [5.41, 5.74) is 4.59. The van der Waals surface area contributed by atoms with E-state index in [4.69, 9.17) is 4.98 Å². The van der Waals surface area contributed by atoms with Crippen molar-refractivity contribution in [1.29, 1.82) is 0 Å². The highest BCUT2D eigenvalue weighted by atomic mass is 15.3. The van der Waals surface area contributed by atoms with Crippen LogP contribution in [0.2, 0.25) is 0 Å². The van der Waals surface area contributed by atoms with Crippen LogP contribution in [0.15, 0.2) is 30.6 Å². The number of nitrogens with zero attached hydrogens (tertiary/aromatic N) is 4. The SMILES string of the molecule is Cc1[nH]cnc1CN1C[C@H]2CC[C@@H](C1)N(Cc1nc3ccccc3[nH]1)C2. The fourth-order valence-corrected chi connectivity index (χ4v) is 4.63. The predicted octanol–water partition coefficient (Wildman–Crippen LogP) is 2.69. The lowest BCUT2D eigenvalue weighted by Crippen LogP contribution is -2.43. The maximum absolute atomic E-state index is 4.79. The molecule has 0 aliphatic carbocycles. The van der Waals surface area contributed by atoms with Gasteiger partial charge in [-0.25, -0.2) is 9.97 Å². The average Bonchev–Trinajstić information content (AvgIpc) is 3.11. The van der Waals surface area contributed by atoms with Gasteiger partial charge in [-0.3, -0.25) is 9.80 Å². The number of aryl methyl sites for hydroxylation is 1. The molecule has 0 unspecified atom stereocenters. The number of imidazole rings is 2. The minimum Gasteiger partial charge on any atom is -0.348 e. The van der Waals surface area contributed by atoms with Gasteiger partial charge in [-0.2, -0.15) is 0 Å². The third-order valence-electron chi connectivity index (χ3n) is 6.00. The molecule has 5 heterocycles. The molecule has 0 saturated carbocycles. The normalized spacial score (nSPS) is 24.3. The zero-order valence-electron chi connectivity index (χ0n) is 15.3. The predicted molar refractivity (Wildman–Crippen MR) is 102 cm³/mol. The van der Waals surface area contributed by atoms with E-state index in [1.54, 1.807) is 0 Å². The number of aromatic amines is 2. The lowest BCUT2D eigenvalue weighted by atomic mass is 9.95. The molecular formula is C20H26N6. The van der Waals surface area contributed by atoms with E-state index in [1.807, 2.05) is 6.33 Å². The van der Waals surface area contributed by atoms with Crippen molar-refractivity contribution in [2.45, 2.75) is 38.9 Å². The Bertz CT molecular complexity index is 863. The number of nitrogens with one attached hydrogen (secondary N) is 2. The second kappa shape index (κ2) is 6.52. The molecule has 0 amide bonds. The molecule has 2 bridgehead atoms. The molecule has 3 fully saturated rings. The van der Waals surface area contributed by atoms with E-state index in [9.17, 15) is 0 Å². The Labute approximate surface area is 153 Å². The molecule has 2 atom stereocenters. The molecule has 3 aliphatic heterocycles. The summed E-state index contributed by atoms with van der Waals surface area (Å²) < 4.78 is 0. The van der Waals surface area contributed by atoms with Crippen LogP contribution in [0.1, 0.15) is 30.1 Å². The highest BCUT2D eigenvalue weighted by molar-refractivity contribution is 5.74. The number of hydrogen-bond acceptors (Lipinski definition) is 4. The minimum atomic E-state index is 0.612. The first kappa shape index (κ1) is 16.0. The maximum Gasteiger partial charge on any atom is 0.121 e. The highest BCUT2D eigenvalue weighted by Gasteiger charge is 2.35. The monoisotopic (exact) mass is 350 g/mol.